The third-order valence-electron chi connectivity index (χ3n) is 2.64. The topological polar surface area (TPSA) is 72.5 Å². The van der Waals surface area contributed by atoms with E-state index in [-0.39, 0.29) is 6.04 Å². The van der Waals surface area contributed by atoms with Gasteiger partial charge in [0.05, 0.1) is 0 Å². The van der Waals surface area contributed by atoms with Crippen LogP contribution in [0.5, 0.6) is 0 Å². The average Bonchev–Trinajstić information content (AvgIpc) is 2.07. The van der Waals surface area contributed by atoms with Crippen LogP contribution < -0.4 is 5.73 Å². The van der Waals surface area contributed by atoms with Gasteiger partial charge >= 0.3 is 5.97 Å². The van der Waals surface area contributed by atoms with Crippen LogP contribution in [0, 0.1) is 0 Å². The molecule has 0 amide bonds. The van der Waals surface area contributed by atoms with Crippen molar-refractivity contribution in [3.8, 4) is 0 Å². The van der Waals surface area contributed by atoms with Crippen LogP contribution in [0.1, 0.15) is 46.5 Å². The third-order valence-corrected chi connectivity index (χ3v) is 2.64. The Kier molecular flexibility index (Phi) is 3.41. The molecule has 0 saturated heterocycles. The molecule has 0 spiro atoms. The average molecular weight is 215 g/mol. The summed E-state index contributed by atoms with van der Waals surface area (Å²) < 4.78 is 5.19. The number of esters is 1. The molecule has 1 fully saturated rings. The Labute approximate surface area is 90.8 Å². The fourth-order valence-electron chi connectivity index (χ4n) is 1.69. The summed E-state index contributed by atoms with van der Waals surface area (Å²) in [6.07, 6.45) is 2.16. The second-order valence-electron chi connectivity index (χ2n) is 5.37. The maximum absolute atomic E-state index is 11.7. The highest BCUT2D eigenvalue weighted by molar-refractivity contribution is 5.79. The molecule has 0 aromatic heterocycles. The van der Waals surface area contributed by atoms with Crippen molar-refractivity contribution in [1.29, 1.82) is 0 Å². The zero-order valence-electron chi connectivity index (χ0n) is 9.75. The minimum absolute atomic E-state index is 0.104. The van der Waals surface area contributed by atoms with Crippen LogP contribution in [0.2, 0.25) is 0 Å². The quantitative estimate of drug-likeness (QED) is 0.639. The molecule has 4 heteroatoms. The number of ether oxygens (including phenoxy) is 1. The monoisotopic (exact) mass is 215 g/mol. The number of aliphatic hydroxyl groups is 1. The number of rotatable bonds is 1. The molecule has 0 radical (unpaired) electrons. The molecule has 15 heavy (non-hydrogen) atoms. The van der Waals surface area contributed by atoms with Crippen LogP contribution in [0.4, 0.5) is 0 Å². The van der Waals surface area contributed by atoms with Gasteiger partial charge in [-0.2, -0.15) is 0 Å². The van der Waals surface area contributed by atoms with Crippen molar-refractivity contribution in [2.24, 2.45) is 5.73 Å². The smallest absolute Gasteiger partial charge is 0.338 e. The lowest BCUT2D eigenvalue weighted by molar-refractivity contribution is -0.180. The van der Waals surface area contributed by atoms with E-state index in [1.54, 1.807) is 20.8 Å². The largest absolute Gasteiger partial charge is 0.458 e. The van der Waals surface area contributed by atoms with Crippen LogP contribution in [0.3, 0.4) is 0 Å². The summed E-state index contributed by atoms with van der Waals surface area (Å²) in [4.78, 5) is 11.7. The first-order chi connectivity index (χ1) is 6.73. The lowest BCUT2D eigenvalue weighted by Gasteiger charge is -2.34. The van der Waals surface area contributed by atoms with Crippen LogP contribution in [-0.2, 0) is 9.53 Å². The maximum atomic E-state index is 11.7. The van der Waals surface area contributed by atoms with Crippen molar-refractivity contribution in [1.82, 2.24) is 0 Å². The van der Waals surface area contributed by atoms with Gasteiger partial charge in [0.25, 0.3) is 0 Å². The van der Waals surface area contributed by atoms with Crippen molar-refractivity contribution in [2.75, 3.05) is 0 Å². The molecule has 1 rings (SSSR count). The first-order valence-electron chi connectivity index (χ1n) is 5.44. The number of carbonyl (C=O) groups excluding carboxylic acids is 1. The van der Waals surface area contributed by atoms with Crippen molar-refractivity contribution in [3.63, 3.8) is 0 Å². The molecule has 4 nitrogen and oxygen atoms in total. The standard InChI is InChI=1S/C11H21NO3/c1-10(2,3)15-9(13)11(14)6-4-8(12)5-7-11/h8,14H,4-7,12H2,1-3H3. The number of carbonyl (C=O) groups is 1. The predicted molar refractivity (Wildman–Crippen MR) is 57.2 cm³/mol. The molecule has 0 bridgehead atoms. The van der Waals surface area contributed by atoms with Gasteiger partial charge < -0.3 is 15.6 Å². The SMILES string of the molecule is CC(C)(C)OC(=O)C1(O)CCC(N)CC1. The van der Waals surface area contributed by atoms with Crippen LogP contribution in [-0.4, -0.2) is 28.3 Å². The highest BCUT2D eigenvalue weighted by Crippen LogP contribution is 2.30. The van der Waals surface area contributed by atoms with Gasteiger partial charge in [0.2, 0.25) is 0 Å². The van der Waals surface area contributed by atoms with Crippen LogP contribution >= 0.6 is 0 Å². The van der Waals surface area contributed by atoms with E-state index >= 15 is 0 Å². The van der Waals surface area contributed by atoms with E-state index in [1.165, 1.54) is 0 Å². The number of nitrogens with two attached hydrogens (primary N) is 1. The van der Waals surface area contributed by atoms with Crippen LogP contribution in [0.25, 0.3) is 0 Å². The van der Waals surface area contributed by atoms with E-state index in [1.807, 2.05) is 0 Å². The lowest BCUT2D eigenvalue weighted by Crippen LogP contribution is -2.48. The Balaban J connectivity index is 2.58. The molecule has 1 saturated carbocycles. The first kappa shape index (κ1) is 12.5. The zero-order valence-corrected chi connectivity index (χ0v) is 9.75. The predicted octanol–water partition coefficient (Wildman–Crippen LogP) is 0.960. The molecule has 3 N–H and O–H groups in total. The van der Waals surface area contributed by atoms with Gasteiger partial charge in [-0.3, -0.25) is 0 Å². The molecule has 0 atom stereocenters. The van der Waals surface area contributed by atoms with Gasteiger partial charge in [-0.05, 0) is 46.5 Å². The summed E-state index contributed by atoms with van der Waals surface area (Å²) in [5, 5.41) is 10.1. The Bertz CT molecular complexity index is 237. The summed E-state index contributed by atoms with van der Waals surface area (Å²) in [6, 6.07) is 0.104. The summed E-state index contributed by atoms with van der Waals surface area (Å²) in [5.41, 5.74) is 3.85. The molecule has 1 aliphatic carbocycles. The lowest BCUT2D eigenvalue weighted by atomic mass is 9.82. The van der Waals surface area contributed by atoms with E-state index in [0.717, 1.165) is 0 Å². The fraction of sp³-hybridized carbons (Fsp3) is 0.909. The van der Waals surface area contributed by atoms with Gasteiger partial charge in [0, 0.05) is 6.04 Å². The second kappa shape index (κ2) is 4.10. The molecule has 0 unspecified atom stereocenters. The fourth-order valence-corrected chi connectivity index (χ4v) is 1.69. The molecular formula is C11H21NO3. The molecule has 0 aromatic carbocycles. The van der Waals surface area contributed by atoms with Gasteiger partial charge in [-0.25, -0.2) is 4.79 Å². The Morgan fingerprint density at radius 2 is 1.87 bits per heavy atom. The van der Waals surface area contributed by atoms with Gasteiger partial charge in [-0.1, -0.05) is 0 Å². The molecule has 0 heterocycles. The maximum Gasteiger partial charge on any atom is 0.338 e. The van der Waals surface area contributed by atoms with Crippen LogP contribution in [0.15, 0.2) is 0 Å². The number of hydrogen-bond donors (Lipinski definition) is 2. The van der Waals surface area contributed by atoms with E-state index in [2.05, 4.69) is 0 Å². The van der Waals surface area contributed by atoms with Crippen molar-refractivity contribution < 1.29 is 14.6 Å². The summed E-state index contributed by atoms with van der Waals surface area (Å²) in [6.45, 7) is 5.38. The van der Waals surface area contributed by atoms with Gasteiger partial charge in [0.15, 0.2) is 5.60 Å². The Hall–Kier alpha value is -0.610. The Morgan fingerprint density at radius 3 is 2.27 bits per heavy atom. The summed E-state index contributed by atoms with van der Waals surface area (Å²) >= 11 is 0. The van der Waals surface area contributed by atoms with Gasteiger partial charge in [0.1, 0.15) is 5.60 Å². The molecule has 0 aliphatic heterocycles. The normalized spacial score (nSPS) is 32.5. The van der Waals surface area contributed by atoms with E-state index < -0.39 is 17.2 Å². The molecule has 0 aromatic rings. The second-order valence-corrected chi connectivity index (χ2v) is 5.37. The van der Waals surface area contributed by atoms with Gasteiger partial charge in [-0.15, -0.1) is 0 Å². The number of hydrogen-bond acceptors (Lipinski definition) is 4. The van der Waals surface area contributed by atoms with E-state index in [4.69, 9.17) is 10.5 Å². The molecule has 88 valence electrons. The van der Waals surface area contributed by atoms with E-state index in [0.29, 0.717) is 25.7 Å². The minimum Gasteiger partial charge on any atom is -0.458 e. The van der Waals surface area contributed by atoms with E-state index in [9.17, 15) is 9.90 Å². The molecule has 1 aliphatic rings. The highest BCUT2D eigenvalue weighted by Gasteiger charge is 2.42. The zero-order chi connectivity index (χ0) is 11.7. The van der Waals surface area contributed by atoms with Crippen molar-refractivity contribution >= 4 is 5.97 Å². The third kappa shape index (κ3) is 3.47. The van der Waals surface area contributed by atoms with Crippen molar-refractivity contribution in [3.05, 3.63) is 0 Å². The highest BCUT2D eigenvalue weighted by atomic mass is 16.6. The van der Waals surface area contributed by atoms with Crippen molar-refractivity contribution in [2.45, 2.75) is 63.7 Å². The Morgan fingerprint density at radius 1 is 1.40 bits per heavy atom. The molecular weight excluding hydrogens is 194 g/mol. The minimum atomic E-state index is -1.32. The first-order valence-corrected chi connectivity index (χ1v) is 5.44. The summed E-state index contributed by atoms with van der Waals surface area (Å²) in [5.74, 6) is -0.512. The summed E-state index contributed by atoms with van der Waals surface area (Å²) in [7, 11) is 0.